The molecule has 0 aromatic heterocycles. The van der Waals surface area contributed by atoms with Crippen molar-refractivity contribution in [3.8, 4) is 0 Å². The van der Waals surface area contributed by atoms with Crippen molar-refractivity contribution in [2.24, 2.45) is 16.7 Å². The van der Waals surface area contributed by atoms with E-state index in [1.165, 1.54) is 12.0 Å². The molecule has 2 aliphatic rings. The highest BCUT2D eigenvalue weighted by atomic mass is 35.5. The number of amides is 3. The molecule has 0 bridgehead atoms. The Morgan fingerprint density at radius 2 is 1.55 bits per heavy atom. The monoisotopic (exact) mass is 625 g/mol. The maximum atomic E-state index is 13.6. The average Bonchev–Trinajstić information content (AvgIpc) is 3.16. The first kappa shape index (κ1) is 33.6. The van der Waals surface area contributed by atoms with E-state index < -0.39 is 46.2 Å². The van der Waals surface area contributed by atoms with Crippen LogP contribution in [0.15, 0.2) is 18.2 Å². The Labute approximate surface area is 257 Å². The number of nitrogens with zero attached hydrogens (tertiary/aromatic N) is 2. The number of ether oxygens (including phenoxy) is 2. The molecule has 10 nitrogen and oxygen atoms in total. The van der Waals surface area contributed by atoms with Crippen LogP contribution in [0.5, 0.6) is 0 Å². The minimum atomic E-state index is -1.17. The number of esters is 2. The standard InChI is InChI=1S/C30H41Cl2N3O7/c1-28(2,3)42-27(40)30(6)12-11-18(29(30,4)5)24(37)33-21(17-22(36)41-7)25(38)34-13-15-35(16-14-34)26(39)23-19(31)9-8-10-20(23)32/h8-10,18,21H,11-17H2,1-7H3,(H,33,37)/t18-,21-,30-/m0/s1. The molecular weight excluding hydrogens is 585 g/mol. The van der Waals surface area contributed by atoms with Crippen LogP contribution >= 0.6 is 23.2 Å². The van der Waals surface area contributed by atoms with Crippen LogP contribution in [0.4, 0.5) is 0 Å². The van der Waals surface area contributed by atoms with Crippen LogP contribution in [0.3, 0.4) is 0 Å². The minimum absolute atomic E-state index is 0.186. The Hall–Kier alpha value is -2.85. The molecule has 42 heavy (non-hydrogen) atoms. The fourth-order valence-electron chi connectivity index (χ4n) is 5.65. The Balaban J connectivity index is 1.72. The number of rotatable bonds is 7. The van der Waals surface area contributed by atoms with Gasteiger partial charge in [-0.2, -0.15) is 0 Å². The van der Waals surface area contributed by atoms with Crippen LogP contribution in [-0.2, 0) is 28.7 Å². The van der Waals surface area contributed by atoms with Gasteiger partial charge in [0.2, 0.25) is 11.8 Å². The first-order valence-corrected chi connectivity index (χ1v) is 14.8. The largest absolute Gasteiger partial charge is 0.469 e. The van der Waals surface area contributed by atoms with Gasteiger partial charge in [0.15, 0.2) is 0 Å². The number of halogens is 2. The van der Waals surface area contributed by atoms with Gasteiger partial charge in [-0.05, 0) is 58.1 Å². The second-order valence-electron chi connectivity index (χ2n) is 12.7. The molecule has 1 aromatic carbocycles. The van der Waals surface area contributed by atoms with E-state index in [-0.39, 0.29) is 60.1 Å². The summed E-state index contributed by atoms with van der Waals surface area (Å²) in [6.45, 7) is 11.7. The Kier molecular flexibility index (Phi) is 10.3. The molecule has 12 heteroatoms. The van der Waals surface area contributed by atoms with Crippen LogP contribution in [0.2, 0.25) is 10.0 Å². The molecular formula is C30H41Cl2N3O7. The fraction of sp³-hybridized carbons (Fsp3) is 0.633. The van der Waals surface area contributed by atoms with E-state index in [2.05, 4.69) is 5.32 Å². The molecule has 1 aliphatic carbocycles. The third-order valence-corrected chi connectivity index (χ3v) is 9.29. The normalized spacial score (nSPS) is 22.7. The van der Waals surface area contributed by atoms with Crippen LogP contribution in [0.1, 0.15) is 71.2 Å². The Bertz CT molecular complexity index is 1220. The first-order valence-electron chi connectivity index (χ1n) is 14.1. The van der Waals surface area contributed by atoms with Gasteiger partial charge >= 0.3 is 11.9 Å². The van der Waals surface area contributed by atoms with Gasteiger partial charge in [-0.25, -0.2) is 0 Å². The van der Waals surface area contributed by atoms with Gasteiger partial charge < -0.3 is 24.6 Å². The van der Waals surface area contributed by atoms with Crippen LogP contribution in [0, 0.1) is 16.7 Å². The van der Waals surface area contributed by atoms with E-state index in [1.807, 2.05) is 20.8 Å². The summed E-state index contributed by atoms with van der Waals surface area (Å²) in [5, 5.41) is 3.26. The number of benzene rings is 1. The Morgan fingerprint density at radius 3 is 2.07 bits per heavy atom. The molecule has 2 fully saturated rings. The quantitative estimate of drug-likeness (QED) is 0.452. The third-order valence-electron chi connectivity index (χ3n) is 8.66. The number of hydrogen-bond acceptors (Lipinski definition) is 7. The summed E-state index contributed by atoms with van der Waals surface area (Å²) in [6.07, 6.45) is 0.499. The van der Waals surface area contributed by atoms with E-state index in [0.29, 0.717) is 12.8 Å². The summed E-state index contributed by atoms with van der Waals surface area (Å²) in [7, 11) is 1.21. The lowest BCUT2D eigenvalue weighted by Crippen LogP contribution is -2.57. The molecule has 1 saturated carbocycles. The first-order chi connectivity index (χ1) is 19.4. The van der Waals surface area contributed by atoms with Crippen molar-refractivity contribution in [1.29, 1.82) is 0 Å². The molecule has 3 amide bonds. The van der Waals surface area contributed by atoms with Crippen molar-refractivity contribution in [2.75, 3.05) is 33.3 Å². The van der Waals surface area contributed by atoms with Crippen molar-refractivity contribution in [3.05, 3.63) is 33.8 Å². The lowest BCUT2D eigenvalue weighted by Gasteiger charge is -2.41. The molecule has 1 saturated heterocycles. The van der Waals surface area contributed by atoms with Gasteiger partial charge in [0.05, 0.1) is 34.6 Å². The topological polar surface area (TPSA) is 122 Å². The average molecular weight is 627 g/mol. The summed E-state index contributed by atoms with van der Waals surface area (Å²) in [5.74, 6) is -2.84. The minimum Gasteiger partial charge on any atom is -0.469 e. The highest BCUT2D eigenvalue weighted by Crippen LogP contribution is 2.57. The highest BCUT2D eigenvalue weighted by Gasteiger charge is 2.59. The number of nitrogens with one attached hydrogen (secondary N) is 1. The predicted octanol–water partition coefficient (Wildman–Crippen LogP) is 4.11. The second kappa shape index (κ2) is 12.8. The number of hydrogen-bond donors (Lipinski definition) is 1. The summed E-state index contributed by atoms with van der Waals surface area (Å²) in [5.41, 5.74) is -2.18. The maximum Gasteiger partial charge on any atom is 0.312 e. The SMILES string of the molecule is COC(=O)C[C@H](NC(=O)[C@@H]1CC[C@@](C)(C(=O)OC(C)(C)C)C1(C)C)C(=O)N1CCN(C(=O)c2c(Cl)cccc2Cl)CC1. The zero-order valence-corrected chi connectivity index (χ0v) is 26.9. The lowest BCUT2D eigenvalue weighted by atomic mass is 9.65. The Morgan fingerprint density at radius 1 is 1.00 bits per heavy atom. The molecule has 1 aliphatic heterocycles. The zero-order valence-electron chi connectivity index (χ0n) is 25.3. The van der Waals surface area contributed by atoms with Crippen molar-refractivity contribution in [3.63, 3.8) is 0 Å². The molecule has 3 rings (SSSR count). The van der Waals surface area contributed by atoms with E-state index in [9.17, 15) is 24.0 Å². The lowest BCUT2D eigenvalue weighted by molar-refractivity contribution is -0.173. The van der Waals surface area contributed by atoms with E-state index in [1.54, 1.807) is 43.9 Å². The summed E-state index contributed by atoms with van der Waals surface area (Å²) in [4.78, 5) is 68.8. The number of carbonyl (C=O) groups is 5. The van der Waals surface area contributed by atoms with Crippen molar-refractivity contribution >= 4 is 52.9 Å². The van der Waals surface area contributed by atoms with Crippen LogP contribution in [-0.4, -0.2) is 84.4 Å². The summed E-state index contributed by atoms with van der Waals surface area (Å²) >= 11 is 12.4. The maximum absolute atomic E-state index is 13.6. The van der Waals surface area contributed by atoms with Gasteiger partial charge in [-0.3, -0.25) is 24.0 Å². The summed E-state index contributed by atoms with van der Waals surface area (Å²) < 4.78 is 10.5. The van der Waals surface area contributed by atoms with Gasteiger partial charge in [-0.1, -0.05) is 43.1 Å². The van der Waals surface area contributed by atoms with Gasteiger partial charge in [0.1, 0.15) is 11.6 Å². The van der Waals surface area contributed by atoms with Gasteiger partial charge in [0, 0.05) is 32.1 Å². The zero-order chi connectivity index (χ0) is 31.6. The van der Waals surface area contributed by atoms with Crippen molar-refractivity contribution < 1.29 is 33.4 Å². The second-order valence-corrected chi connectivity index (χ2v) is 13.5. The molecule has 0 radical (unpaired) electrons. The number of methoxy groups -OCH3 is 1. The number of piperazine rings is 1. The van der Waals surface area contributed by atoms with Crippen molar-refractivity contribution in [1.82, 2.24) is 15.1 Å². The molecule has 3 atom stereocenters. The van der Waals surface area contributed by atoms with E-state index in [4.69, 9.17) is 32.7 Å². The molecule has 0 spiro atoms. The van der Waals surface area contributed by atoms with Gasteiger partial charge in [0.25, 0.3) is 5.91 Å². The molecule has 1 N–H and O–H groups in total. The smallest absolute Gasteiger partial charge is 0.312 e. The number of carbonyl (C=O) groups excluding carboxylic acids is 5. The molecule has 232 valence electrons. The van der Waals surface area contributed by atoms with Gasteiger partial charge in [-0.15, -0.1) is 0 Å². The molecule has 0 unspecified atom stereocenters. The van der Waals surface area contributed by atoms with E-state index >= 15 is 0 Å². The highest BCUT2D eigenvalue weighted by molar-refractivity contribution is 6.39. The van der Waals surface area contributed by atoms with E-state index in [0.717, 1.165) is 0 Å². The van der Waals surface area contributed by atoms with Crippen LogP contribution in [0.25, 0.3) is 0 Å². The molecule has 1 heterocycles. The van der Waals surface area contributed by atoms with Crippen LogP contribution < -0.4 is 5.32 Å². The third kappa shape index (κ3) is 7.02. The molecule has 1 aromatic rings. The van der Waals surface area contributed by atoms with Crippen molar-refractivity contribution in [2.45, 2.75) is 72.4 Å². The fourth-order valence-corrected chi connectivity index (χ4v) is 6.21. The predicted molar refractivity (Wildman–Crippen MR) is 158 cm³/mol. The summed E-state index contributed by atoms with van der Waals surface area (Å²) in [6, 6.07) is 3.65.